The average molecular weight is 250 g/mol. The normalized spacial score (nSPS) is 24.9. The van der Waals surface area contributed by atoms with Gasteiger partial charge in [-0.3, -0.25) is 0 Å². The summed E-state index contributed by atoms with van der Waals surface area (Å²) in [6, 6.07) is -0.291. The second-order valence-electron chi connectivity index (χ2n) is 4.87. The third-order valence-corrected chi connectivity index (χ3v) is 3.54. The minimum Gasteiger partial charge on any atom is -0.510 e. The van der Waals surface area contributed by atoms with Crippen LogP contribution in [0.3, 0.4) is 0 Å². The number of ether oxygens (including phenoxy) is 1. The van der Waals surface area contributed by atoms with Crippen molar-refractivity contribution < 1.29 is 9.84 Å². The predicted octanol–water partition coefficient (Wildman–Crippen LogP) is 1.71. The molecule has 1 aliphatic carbocycles. The molecule has 1 fully saturated rings. The molecule has 0 unspecified atom stereocenters. The molecule has 1 aliphatic heterocycles. The lowest BCUT2D eigenvalue weighted by Gasteiger charge is -2.21. The summed E-state index contributed by atoms with van der Waals surface area (Å²) in [7, 11) is 1.64. The van der Waals surface area contributed by atoms with Gasteiger partial charge in [0.2, 0.25) is 0 Å². The Kier molecular flexibility index (Phi) is 4.44. The van der Waals surface area contributed by atoms with Crippen LogP contribution in [0, 0.1) is 0 Å². The summed E-state index contributed by atoms with van der Waals surface area (Å²) in [5.41, 5.74) is 6.95. The highest BCUT2D eigenvalue weighted by Crippen LogP contribution is 2.20. The van der Waals surface area contributed by atoms with E-state index in [9.17, 15) is 5.11 Å². The van der Waals surface area contributed by atoms with Gasteiger partial charge in [0, 0.05) is 6.54 Å². The number of allylic oxidation sites excluding steroid dienone is 4. The summed E-state index contributed by atoms with van der Waals surface area (Å²) >= 11 is 0. The molecule has 1 heterocycles. The lowest BCUT2D eigenvalue weighted by Crippen LogP contribution is -2.37. The zero-order valence-corrected chi connectivity index (χ0v) is 10.9. The lowest BCUT2D eigenvalue weighted by molar-refractivity contribution is 0.279. The fourth-order valence-electron chi connectivity index (χ4n) is 2.44. The number of rotatable bonds is 4. The number of hydrogen-bond donors (Lipinski definition) is 2. The van der Waals surface area contributed by atoms with Gasteiger partial charge < -0.3 is 20.5 Å². The highest BCUT2D eigenvalue weighted by molar-refractivity contribution is 5.35. The summed E-state index contributed by atoms with van der Waals surface area (Å²) in [6.07, 6.45) is 8.86. The number of methoxy groups -OCH3 is 1. The SMILES string of the molecule is COC1=CCC(=C(O)[C@@H](N)CN2CCCC2)C=C1. The van der Waals surface area contributed by atoms with Crippen LogP contribution in [0.2, 0.25) is 0 Å². The van der Waals surface area contributed by atoms with Crippen LogP contribution in [0.25, 0.3) is 0 Å². The monoisotopic (exact) mass is 250 g/mol. The van der Waals surface area contributed by atoms with Gasteiger partial charge >= 0.3 is 0 Å². The second kappa shape index (κ2) is 6.07. The van der Waals surface area contributed by atoms with E-state index in [-0.39, 0.29) is 6.04 Å². The van der Waals surface area contributed by atoms with Crippen molar-refractivity contribution in [1.82, 2.24) is 4.90 Å². The minimum absolute atomic E-state index is 0.291. The van der Waals surface area contributed by atoms with E-state index in [2.05, 4.69) is 4.90 Å². The van der Waals surface area contributed by atoms with Crippen molar-refractivity contribution >= 4 is 0 Å². The van der Waals surface area contributed by atoms with Gasteiger partial charge in [-0.15, -0.1) is 0 Å². The van der Waals surface area contributed by atoms with Gasteiger partial charge in [0.05, 0.1) is 13.2 Å². The molecular formula is C14H22N2O2. The van der Waals surface area contributed by atoms with E-state index in [1.165, 1.54) is 12.8 Å². The molecule has 0 aromatic rings. The van der Waals surface area contributed by atoms with Crippen molar-refractivity contribution in [3.05, 3.63) is 35.3 Å². The Hall–Kier alpha value is -1.26. The number of aliphatic hydroxyl groups is 1. The first-order valence-corrected chi connectivity index (χ1v) is 6.53. The highest BCUT2D eigenvalue weighted by atomic mass is 16.5. The van der Waals surface area contributed by atoms with E-state index in [1.807, 2.05) is 18.2 Å². The third-order valence-electron chi connectivity index (χ3n) is 3.54. The van der Waals surface area contributed by atoms with Crippen molar-refractivity contribution in [3.8, 4) is 0 Å². The van der Waals surface area contributed by atoms with Crippen molar-refractivity contribution in [2.75, 3.05) is 26.7 Å². The van der Waals surface area contributed by atoms with Crippen LogP contribution in [0.15, 0.2) is 35.3 Å². The van der Waals surface area contributed by atoms with Crippen LogP contribution >= 0.6 is 0 Å². The largest absolute Gasteiger partial charge is 0.510 e. The fraction of sp³-hybridized carbons (Fsp3) is 0.571. The predicted molar refractivity (Wildman–Crippen MR) is 72.2 cm³/mol. The van der Waals surface area contributed by atoms with E-state index in [1.54, 1.807) is 7.11 Å². The minimum atomic E-state index is -0.291. The van der Waals surface area contributed by atoms with Crippen LogP contribution in [0.5, 0.6) is 0 Å². The Labute approximate surface area is 108 Å². The fourth-order valence-corrected chi connectivity index (χ4v) is 2.44. The molecule has 4 heteroatoms. The molecule has 4 nitrogen and oxygen atoms in total. The summed E-state index contributed by atoms with van der Waals surface area (Å²) in [5.74, 6) is 1.14. The zero-order chi connectivity index (χ0) is 13.0. The first-order valence-electron chi connectivity index (χ1n) is 6.53. The summed E-state index contributed by atoms with van der Waals surface area (Å²) in [4.78, 5) is 2.31. The number of nitrogens with zero attached hydrogens (tertiary/aromatic N) is 1. The van der Waals surface area contributed by atoms with Gasteiger partial charge in [0.1, 0.15) is 11.5 Å². The molecule has 0 saturated carbocycles. The van der Waals surface area contributed by atoms with E-state index in [0.717, 1.165) is 31.0 Å². The van der Waals surface area contributed by atoms with E-state index in [4.69, 9.17) is 10.5 Å². The Morgan fingerprint density at radius 3 is 2.72 bits per heavy atom. The van der Waals surface area contributed by atoms with Gasteiger partial charge in [0.25, 0.3) is 0 Å². The molecule has 1 atom stereocenters. The van der Waals surface area contributed by atoms with Gasteiger partial charge in [-0.25, -0.2) is 0 Å². The Balaban J connectivity index is 1.95. The first-order chi connectivity index (χ1) is 8.70. The number of nitrogens with two attached hydrogens (primary N) is 1. The zero-order valence-electron chi connectivity index (χ0n) is 10.9. The Morgan fingerprint density at radius 1 is 1.44 bits per heavy atom. The van der Waals surface area contributed by atoms with E-state index >= 15 is 0 Å². The molecule has 0 aromatic carbocycles. The summed E-state index contributed by atoms with van der Waals surface area (Å²) in [5, 5.41) is 10.2. The van der Waals surface area contributed by atoms with Crippen LogP contribution in [-0.2, 0) is 4.74 Å². The average Bonchev–Trinajstić information content (AvgIpc) is 2.91. The molecule has 0 bridgehead atoms. The second-order valence-corrected chi connectivity index (χ2v) is 4.87. The van der Waals surface area contributed by atoms with Crippen molar-refractivity contribution in [3.63, 3.8) is 0 Å². The summed E-state index contributed by atoms with van der Waals surface area (Å²) in [6.45, 7) is 2.93. The molecule has 2 rings (SSSR count). The third kappa shape index (κ3) is 3.15. The van der Waals surface area contributed by atoms with Gasteiger partial charge in [-0.05, 0) is 50.1 Å². The smallest absolute Gasteiger partial charge is 0.115 e. The maximum atomic E-state index is 10.2. The Morgan fingerprint density at radius 2 is 2.17 bits per heavy atom. The van der Waals surface area contributed by atoms with Gasteiger partial charge in [-0.1, -0.05) is 6.08 Å². The molecule has 3 N–H and O–H groups in total. The molecular weight excluding hydrogens is 228 g/mol. The van der Waals surface area contributed by atoms with Gasteiger partial charge in [-0.2, -0.15) is 0 Å². The summed E-state index contributed by atoms with van der Waals surface area (Å²) < 4.78 is 5.12. The molecule has 0 amide bonds. The molecule has 0 radical (unpaired) electrons. The molecule has 100 valence electrons. The maximum Gasteiger partial charge on any atom is 0.115 e. The van der Waals surface area contributed by atoms with Crippen LogP contribution in [0.4, 0.5) is 0 Å². The topological polar surface area (TPSA) is 58.7 Å². The molecule has 2 aliphatic rings. The maximum absolute atomic E-state index is 10.2. The van der Waals surface area contributed by atoms with Crippen LogP contribution in [0.1, 0.15) is 19.3 Å². The number of aliphatic hydroxyl groups excluding tert-OH is 1. The van der Waals surface area contributed by atoms with E-state index < -0.39 is 0 Å². The van der Waals surface area contributed by atoms with Crippen LogP contribution < -0.4 is 5.73 Å². The molecule has 0 aromatic heterocycles. The van der Waals surface area contributed by atoms with E-state index in [0.29, 0.717) is 12.2 Å². The quantitative estimate of drug-likeness (QED) is 0.746. The van der Waals surface area contributed by atoms with Crippen molar-refractivity contribution in [2.45, 2.75) is 25.3 Å². The first kappa shape index (κ1) is 13.2. The highest BCUT2D eigenvalue weighted by Gasteiger charge is 2.19. The molecule has 18 heavy (non-hydrogen) atoms. The number of likely N-dealkylation sites (tertiary alicyclic amines) is 1. The van der Waals surface area contributed by atoms with Crippen molar-refractivity contribution in [1.29, 1.82) is 0 Å². The van der Waals surface area contributed by atoms with Crippen molar-refractivity contribution in [2.24, 2.45) is 5.73 Å². The molecule has 0 spiro atoms. The number of hydrogen-bond acceptors (Lipinski definition) is 4. The molecule has 1 saturated heterocycles. The van der Waals surface area contributed by atoms with Crippen LogP contribution in [-0.4, -0.2) is 42.8 Å². The standard InChI is InChI=1S/C14H22N2O2/c1-18-12-6-4-11(5-7-12)14(17)13(15)10-16-8-2-3-9-16/h4,6-7,13,17H,2-3,5,8-10,15H2,1H3/t13-/m0/s1. The van der Waals surface area contributed by atoms with Gasteiger partial charge in [0.15, 0.2) is 0 Å². The lowest BCUT2D eigenvalue weighted by atomic mass is 10.0. The Bertz CT molecular complexity index is 379.